The minimum atomic E-state index is -4.18. The summed E-state index contributed by atoms with van der Waals surface area (Å²) in [7, 11) is -4.18. The molecule has 0 N–H and O–H groups in total. The van der Waals surface area contributed by atoms with Crippen LogP contribution in [0.4, 0.5) is 0 Å². The molecule has 0 aromatic rings. The highest BCUT2D eigenvalue weighted by atomic mass is 32.2. The zero-order valence-electron chi connectivity index (χ0n) is 16.2. The molecule has 1 rings (SSSR count). The van der Waals surface area contributed by atoms with Crippen molar-refractivity contribution in [3.8, 4) is 0 Å². The largest absolute Gasteiger partial charge is 0.748 e. The number of hydrogen-bond acceptors (Lipinski definition) is 7. The lowest BCUT2D eigenvalue weighted by Crippen LogP contribution is -2.34. The van der Waals surface area contributed by atoms with Crippen molar-refractivity contribution in [2.75, 3.05) is 38.8 Å². The Labute approximate surface area is 158 Å². The molecule has 1 saturated heterocycles. The van der Waals surface area contributed by atoms with E-state index in [0.29, 0.717) is 13.2 Å². The lowest BCUT2D eigenvalue weighted by atomic mass is 10.1. The van der Waals surface area contributed by atoms with Crippen LogP contribution in [-0.4, -0.2) is 63.6 Å². The van der Waals surface area contributed by atoms with Gasteiger partial charge in [0.25, 0.3) is 0 Å². The van der Waals surface area contributed by atoms with Gasteiger partial charge < -0.3 is 23.5 Å². The average molecular weight is 396 g/mol. The molecule has 1 fully saturated rings. The van der Waals surface area contributed by atoms with Gasteiger partial charge in [0.1, 0.15) is 12.7 Å². The number of unbranched alkanes of at least 4 members (excludes halogenated alkanes) is 6. The Kier molecular flexibility index (Phi) is 11.9. The summed E-state index contributed by atoms with van der Waals surface area (Å²) in [6, 6.07) is 0. The first-order chi connectivity index (χ1) is 12.3. The molecular weight excluding hydrogens is 360 g/mol. The van der Waals surface area contributed by atoms with Crippen molar-refractivity contribution in [1.82, 2.24) is 0 Å². The molecule has 8 heteroatoms. The highest BCUT2D eigenvalue weighted by Gasteiger charge is 2.37. The number of rotatable bonds is 16. The SMILES string of the molecule is CCCCCCCCCOCC1COC(C)(COCCCS(=O)(=O)[O-])O1. The smallest absolute Gasteiger partial charge is 0.189 e. The highest BCUT2D eigenvalue weighted by molar-refractivity contribution is 7.85. The van der Waals surface area contributed by atoms with Gasteiger partial charge in [0.05, 0.1) is 23.3 Å². The predicted molar refractivity (Wildman–Crippen MR) is 98.0 cm³/mol. The molecule has 0 radical (unpaired) electrons. The molecule has 2 atom stereocenters. The summed E-state index contributed by atoms with van der Waals surface area (Å²) in [6.07, 6.45) is 8.86. The normalized spacial score (nSPS) is 23.6. The van der Waals surface area contributed by atoms with Gasteiger partial charge in [-0.1, -0.05) is 45.4 Å². The molecule has 1 heterocycles. The molecule has 0 saturated carbocycles. The molecule has 0 bridgehead atoms. The van der Waals surface area contributed by atoms with Crippen LogP contribution >= 0.6 is 0 Å². The molecule has 0 aromatic carbocycles. The van der Waals surface area contributed by atoms with Crippen LogP contribution in [-0.2, 0) is 29.1 Å². The summed E-state index contributed by atoms with van der Waals surface area (Å²) in [5.74, 6) is -1.26. The number of hydrogen-bond donors (Lipinski definition) is 0. The Bertz CT molecular complexity index is 454. The third-order valence-electron chi connectivity index (χ3n) is 4.23. The van der Waals surface area contributed by atoms with Gasteiger partial charge in [-0.3, -0.25) is 0 Å². The molecule has 0 spiro atoms. The van der Waals surface area contributed by atoms with Gasteiger partial charge in [-0.05, 0) is 19.8 Å². The quantitative estimate of drug-likeness (QED) is 0.293. The van der Waals surface area contributed by atoms with E-state index in [0.717, 1.165) is 13.0 Å². The maximum Gasteiger partial charge on any atom is 0.189 e. The van der Waals surface area contributed by atoms with Crippen LogP contribution in [0.15, 0.2) is 0 Å². The van der Waals surface area contributed by atoms with Crippen molar-refractivity contribution in [2.45, 2.75) is 77.1 Å². The topological polar surface area (TPSA) is 94.1 Å². The van der Waals surface area contributed by atoms with Gasteiger partial charge in [-0.15, -0.1) is 0 Å². The Hall–Kier alpha value is -0.250. The highest BCUT2D eigenvalue weighted by Crippen LogP contribution is 2.24. The van der Waals surface area contributed by atoms with Crippen molar-refractivity contribution in [1.29, 1.82) is 0 Å². The standard InChI is InChI=1S/C18H36O7S/c1-3-4-5-6-7-8-9-11-22-14-17-15-24-18(2,25-17)16-23-12-10-13-26(19,20)21/h17H,3-16H2,1-2H3,(H,19,20,21)/p-1. The lowest BCUT2D eigenvalue weighted by molar-refractivity contribution is -0.193. The molecular formula is C18H35O7S-. The van der Waals surface area contributed by atoms with Crippen LogP contribution in [0.5, 0.6) is 0 Å². The Balaban J connectivity index is 1.99. The lowest BCUT2D eigenvalue weighted by Gasteiger charge is -2.23. The van der Waals surface area contributed by atoms with Crippen LogP contribution in [0, 0.1) is 0 Å². The molecule has 26 heavy (non-hydrogen) atoms. The van der Waals surface area contributed by atoms with E-state index in [1.807, 2.05) is 0 Å². The van der Waals surface area contributed by atoms with E-state index < -0.39 is 21.7 Å². The summed E-state index contributed by atoms with van der Waals surface area (Å²) >= 11 is 0. The van der Waals surface area contributed by atoms with Crippen LogP contribution in [0.2, 0.25) is 0 Å². The summed E-state index contributed by atoms with van der Waals surface area (Å²) in [4.78, 5) is 0. The van der Waals surface area contributed by atoms with E-state index in [2.05, 4.69) is 6.92 Å². The van der Waals surface area contributed by atoms with Gasteiger partial charge in [0.15, 0.2) is 5.79 Å². The fraction of sp³-hybridized carbons (Fsp3) is 1.00. The van der Waals surface area contributed by atoms with Crippen LogP contribution in [0.25, 0.3) is 0 Å². The third-order valence-corrected chi connectivity index (χ3v) is 5.02. The molecule has 1 aliphatic rings. The fourth-order valence-corrected chi connectivity index (χ4v) is 3.29. The van der Waals surface area contributed by atoms with Gasteiger partial charge in [0, 0.05) is 19.0 Å². The molecule has 156 valence electrons. The molecule has 0 aromatic heterocycles. The molecule has 2 unspecified atom stereocenters. The van der Waals surface area contributed by atoms with E-state index in [1.54, 1.807) is 6.92 Å². The number of ether oxygens (including phenoxy) is 4. The van der Waals surface area contributed by atoms with Crippen LogP contribution in [0.1, 0.15) is 65.2 Å². The van der Waals surface area contributed by atoms with Crippen LogP contribution < -0.4 is 0 Å². The second kappa shape index (κ2) is 13.0. The van der Waals surface area contributed by atoms with E-state index in [1.165, 1.54) is 38.5 Å². The summed E-state index contributed by atoms with van der Waals surface area (Å²) in [5, 5.41) is 0. The first-order valence-electron chi connectivity index (χ1n) is 9.75. The Morgan fingerprint density at radius 3 is 2.38 bits per heavy atom. The Morgan fingerprint density at radius 1 is 1.04 bits per heavy atom. The molecule has 7 nitrogen and oxygen atoms in total. The third kappa shape index (κ3) is 12.2. The second-order valence-corrected chi connectivity index (χ2v) is 8.57. The van der Waals surface area contributed by atoms with Gasteiger partial charge >= 0.3 is 0 Å². The van der Waals surface area contributed by atoms with Gasteiger partial charge in [-0.2, -0.15) is 0 Å². The first kappa shape index (κ1) is 23.8. The van der Waals surface area contributed by atoms with Gasteiger partial charge in [0.2, 0.25) is 0 Å². The van der Waals surface area contributed by atoms with Crippen molar-refractivity contribution in [2.24, 2.45) is 0 Å². The molecule has 1 aliphatic heterocycles. The second-order valence-electron chi connectivity index (χ2n) is 7.05. The zero-order chi connectivity index (χ0) is 19.3. The summed E-state index contributed by atoms with van der Waals surface area (Å²) in [6.45, 7) is 6.08. The average Bonchev–Trinajstić information content (AvgIpc) is 2.93. The van der Waals surface area contributed by atoms with Crippen molar-refractivity contribution >= 4 is 10.1 Å². The summed E-state index contributed by atoms with van der Waals surface area (Å²) in [5.41, 5.74) is 0. The van der Waals surface area contributed by atoms with E-state index in [9.17, 15) is 13.0 Å². The molecule has 0 aliphatic carbocycles. The fourth-order valence-electron chi connectivity index (χ4n) is 2.82. The molecule has 0 amide bonds. The van der Waals surface area contributed by atoms with Crippen molar-refractivity contribution < 1.29 is 31.9 Å². The van der Waals surface area contributed by atoms with E-state index >= 15 is 0 Å². The van der Waals surface area contributed by atoms with E-state index in [4.69, 9.17) is 18.9 Å². The monoisotopic (exact) mass is 395 g/mol. The van der Waals surface area contributed by atoms with Gasteiger partial charge in [-0.25, -0.2) is 8.42 Å². The minimum absolute atomic E-state index is 0.116. The Morgan fingerprint density at radius 2 is 1.69 bits per heavy atom. The van der Waals surface area contributed by atoms with Crippen molar-refractivity contribution in [3.05, 3.63) is 0 Å². The first-order valence-corrected chi connectivity index (χ1v) is 11.3. The van der Waals surface area contributed by atoms with Crippen LogP contribution in [0.3, 0.4) is 0 Å². The summed E-state index contributed by atoms with van der Waals surface area (Å²) < 4.78 is 54.0. The zero-order valence-corrected chi connectivity index (χ0v) is 17.1. The minimum Gasteiger partial charge on any atom is -0.748 e. The predicted octanol–water partition coefficient (Wildman–Crippen LogP) is 2.84. The maximum atomic E-state index is 10.5. The van der Waals surface area contributed by atoms with Crippen molar-refractivity contribution in [3.63, 3.8) is 0 Å². The maximum absolute atomic E-state index is 10.5. The van der Waals surface area contributed by atoms with E-state index in [-0.39, 0.29) is 25.7 Å².